The third-order valence-electron chi connectivity index (χ3n) is 7.33. The van der Waals surface area contributed by atoms with Crippen molar-refractivity contribution in [2.75, 3.05) is 23.7 Å². The zero-order valence-corrected chi connectivity index (χ0v) is 28.6. The molecular formula is C36H40FN3O5S2. The van der Waals surface area contributed by atoms with Crippen molar-refractivity contribution in [3.63, 3.8) is 0 Å². The molecule has 0 aliphatic heterocycles. The molecule has 11 heteroatoms. The van der Waals surface area contributed by atoms with E-state index >= 15 is 0 Å². The van der Waals surface area contributed by atoms with E-state index in [0.717, 1.165) is 14.8 Å². The van der Waals surface area contributed by atoms with E-state index in [0.29, 0.717) is 5.56 Å². The molecule has 2 amide bonds. The van der Waals surface area contributed by atoms with Crippen molar-refractivity contribution in [1.82, 2.24) is 10.2 Å². The van der Waals surface area contributed by atoms with Crippen molar-refractivity contribution in [2.45, 2.75) is 55.6 Å². The van der Waals surface area contributed by atoms with Gasteiger partial charge in [-0.3, -0.25) is 13.9 Å². The Balaban J connectivity index is 1.84. The number of halogens is 1. The number of amides is 2. The number of hydrogen-bond donors (Lipinski definition) is 1. The molecule has 8 nitrogen and oxygen atoms in total. The summed E-state index contributed by atoms with van der Waals surface area (Å²) < 4.78 is 49.4. The van der Waals surface area contributed by atoms with Crippen LogP contribution in [0.3, 0.4) is 0 Å². The van der Waals surface area contributed by atoms with Crippen LogP contribution in [0.1, 0.15) is 31.9 Å². The number of nitrogens with zero attached hydrogens (tertiary/aromatic N) is 2. The van der Waals surface area contributed by atoms with Crippen molar-refractivity contribution in [3.05, 3.63) is 120 Å². The van der Waals surface area contributed by atoms with Crippen LogP contribution in [0.25, 0.3) is 0 Å². The first kappa shape index (κ1) is 35.5. The fourth-order valence-electron chi connectivity index (χ4n) is 5.05. The number of carbonyl (C=O) groups is 2. The Morgan fingerprint density at radius 3 is 2.13 bits per heavy atom. The van der Waals surface area contributed by atoms with Crippen LogP contribution in [0.4, 0.5) is 10.1 Å². The Hall–Kier alpha value is -4.35. The van der Waals surface area contributed by atoms with Gasteiger partial charge in [0.05, 0.1) is 17.2 Å². The molecule has 4 aromatic rings. The largest absolute Gasteiger partial charge is 0.492 e. The topological polar surface area (TPSA) is 96.0 Å². The van der Waals surface area contributed by atoms with Gasteiger partial charge >= 0.3 is 0 Å². The average Bonchev–Trinajstić information content (AvgIpc) is 3.06. The van der Waals surface area contributed by atoms with E-state index in [1.807, 2.05) is 50.4 Å². The molecule has 0 aliphatic carbocycles. The highest BCUT2D eigenvalue weighted by Gasteiger charge is 2.35. The van der Waals surface area contributed by atoms with Gasteiger partial charge in [-0.25, -0.2) is 12.8 Å². The van der Waals surface area contributed by atoms with Crippen LogP contribution in [0.5, 0.6) is 5.75 Å². The minimum absolute atomic E-state index is 0.00197. The summed E-state index contributed by atoms with van der Waals surface area (Å²) in [6, 6.07) is 26.8. The van der Waals surface area contributed by atoms with Gasteiger partial charge in [-0.05, 0) is 86.7 Å². The van der Waals surface area contributed by atoms with E-state index in [-0.39, 0.29) is 41.9 Å². The van der Waals surface area contributed by atoms with Gasteiger partial charge in [-0.2, -0.15) is 0 Å². The molecule has 4 aromatic carbocycles. The van der Waals surface area contributed by atoms with Crippen LogP contribution < -0.4 is 14.4 Å². The summed E-state index contributed by atoms with van der Waals surface area (Å²) in [5.74, 6) is -1.17. The molecule has 0 heterocycles. The normalized spacial score (nSPS) is 12.0. The number of nitrogens with one attached hydrogen (secondary N) is 1. The van der Waals surface area contributed by atoms with Crippen LogP contribution in [0, 0.1) is 5.82 Å². The molecule has 0 radical (unpaired) electrons. The second-order valence-electron chi connectivity index (χ2n) is 11.1. The van der Waals surface area contributed by atoms with Gasteiger partial charge in [-0.15, -0.1) is 11.8 Å². The molecule has 0 aliphatic rings. The van der Waals surface area contributed by atoms with Crippen LogP contribution >= 0.6 is 11.8 Å². The van der Waals surface area contributed by atoms with Gasteiger partial charge in [0.1, 0.15) is 24.2 Å². The number of carbonyl (C=O) groups excluding carboxylic acids is 2. The molecule has 1 N–H and O–H groups in total. The van der Waals surface area contributed by atoms with Crippen LogP contribution in [-0.2, 0) is 32.6 Å². The number of sulfonamides is 1. The van der Waals surface area contributed by atoms with Gasteiger partial charge in [0.25, 0.3) is 10.0 Å². The SMILES string of the molecule is CCOc1ccccc1N(CC(=O)N(Cc1ccc(F)cc1)[C@H](Cc1ccccc1)C(=O)NC(C)C)S(=O)(=O)c1ccc(SC)cc1. The van der Waals surface area contributed by atoms with Crippen molar-refractivity contribution < 1.29 is 27.1 Å². The molecule has 0 saturated heterocycles. The number of thioether (sulfide) groups is 1. The molecule has 0 bridgehead atoms. The van der Waals surface area contributed by atoms with Crippen LogP contribution in [0.2, 0.25) is 0 Å². The Morgan fingerprint density at radius 2 is 1.51 bits per heavy atom. The lowest BCUT2D eigenvalue weighted by Crippen LogP contribution is -2.54. The number of ether oxygens (including phenoxy) is 1. The lowest BCUT2D eigenvalue weighted by Gasteiger charge is -2.34. The smallest absolute Gasteiger partial charge is 0.264 e. The van der Waals surface area contributed by atoms with Crippen molar-refractivity contribution in [1.29, 1.82) is 0 Å². The molecule has 47 heavy (non-hydrogen) atoms. The predicted octanol–water partition coefficient (Wildman–Crippen LogP) is 6.31. The summed E-state index contributed by atoms with van der Waals surface area (Å²) in [6.07, 6.45) is 2.06. The van der Waals surface area contributed by atoms with E-state index in [1.165, 1.54) is 40.9 Å². The Bertz CT molecular complexity index is 1730. The standard InChI is InChI=1S/C36H40FN3O5S2/c1-5-45-34-14-10-9-13-32(34)40(47(43,44)31-21-19-30(46-4)20-22-31)25-35(41)39(24-28-15-17-29(37)18-16-28)33(36(42)38-26(2)3)23-27-11-7-6-8-12-27/h6-22,26,33H,5,23-25H2,1-4H3,(H,38,42)/t33-/m1/s1. The number of benzene rings is 4. The van der Waals surface area contributed by atoms with Gasteiger partial charge in [0, 0.05) is 23.9 Å². The highest BCUT2D eigenvalue weighted by molar-refractivity contribution is 7.98. The molecule has 0 aromatic heterocycles. The van der Waals surface area contributed by atoms with E-state index in [2.05, 4.69) is 5.32 Å². The van der Waals surface area contributed by atoms with Crippen molar-refractivity contribution in [2.24, 2.45) is 0 Å². The quantitative estimate of drug-likeness (QED) is 0.148. The first-order valence-corrected chi connectivity index (χ1v) is 18.0. The lowest BCUT2D eigenvalue weighted by atomic mass is 10.0. The van der Waals surface area contributed by atoms with Gasteiger partial charge in [-0.1, -0.05) is 54.6 Å². The Kier molecular flexibility index (Phi) is 12.4. The second-order valence-corrected chi connectivity index (χ2v) is 13.8. The van der Waals surface area contributed by atoms with E-state index in [4.69, 9.17) is 4.74 Å². The highest BCUT2D eigenvalue weighted by atomic mass is 32.2. The van der Waals surface area contributed by atoms with E-state index in [1.54, 1.807) is 55.5 Å². The second kappa shape index (κ2) is 16.5. The van der Waals surface area contributed by atoms with E-state index in [9.17, 15) is 22.4 Å². The molecule has 0 spiro atoms. The minimum atomic E-state index is -4.30. The molecule has 0 saturated carbocycles. The van der Waals surface area contributed by atoms with Gasteiger partial charge in [0.15, 0.2) is 0 Å². The fourth-order valence-corrected chi connectivity index (χ4v) is 6.88. The molecule has 4 rings (SSSR count). The zero-order chi connectivity index (χ0) is 34.0. The van der Waals surface area contributed by atoms with Crippen molar-refractivity contribution >= 4 is 39.3 Å². The summed E-state index contributed by atoms with van der Waals surface area (Å²) in [5.41, 5.74) is 1.57. The fraction of sp³-hybridized carbons (Fsp3) is 0.278. The molecule has 1 atom stereocenters. The Labute approximate surface area is 281 Å². The molecule has 248 valence electrons. The average molecular weight is 678 g/mol. The highest BCUT2D eigenvalue weighted by Crippen LogP contribution is 2.33. The number of anilines is 1. The van der Waals surface area contributed by atoms with E-state index < -0.39 is 40.2 Å². The summed E-state index contributed by atoms with van der Waals surface area (Å²) in [7, 11) is -4.30. The minimum Gasteiger partial charge on any atom is -0.492 e. The zero-order valence-electron chi connectivity index (χ0n) is 26.9. The third kappa shape index (κ3) is 9.36. The first-order valence-electron chi connectivity index (χ1n) is 15.3. The van der Waals surface area contributed by atoms with Crippen molar-refractivity contribution in [3.8, 4) is 5.75 Å². The van der Waals surface area contributed by atoms with Crippen LogP contribution in [0.15, 0.2) is 113 Å². The molecular weight excluding hydrogens is 638 g/mol. The van der Waals surface area contributed by atoms with Crippen LogP contribution in [-0.4, -0.2) is 56.6 Å². The Morgan fingerprint density at radius 1 is 0.872 bits per heavy atom. The summed E-state index contributed by atoms with van der Waals surface area (Å²) in [4.78, 5) is 30.6. The number of rotatable bonds is 15. The third-order valence-corrected chi connectivity index (χ3v) is 9.85. The number of hydrogen-bond acceptors (Lipinski definition) is 6. The van der Waals surface area contributed by atoms with Gasteiger partial charge in [0.2, 0.25) is 11.8 Å². The molecule has 0 unspecified atom stereocenters. The lowest BCUT2D eigenvalue weighted by molar-refractivity contribution is -0.140. The van der Waals surface area contributed by atoms with Gasteiger partial charge < -0.3 is 15.0 Å². The first-order chi connectivity index (χ1) is 22.5. The predicted molar refractivity (Wildman–Crippen MR) is 185 cm³/mol. The maximum Gasteiger partial charge on any atom is 0.264 e. The molecule has 0 fully saturated rings. The summed E-state index contributed by atoms with van der Waals surface area (Å²) >= 11 is 1.48. The summed E-state index contributed by atoms with van der Waals surface area (Å²) in [5, 5.41) is 2.92. The number of para-hydroxylation sites is 2. The maximum atomic E-state index is 14.6. The maximum absolute atomic E-state index is 14.6. The summed E-state index contributed by atoms with van der Waals surface area (Å²) in [6.45, 7) is 5.01. The monoisotopic (exact) mass is 677 g/mol.